The third-order valence-corrected chi connectivity index (χ3v) is 9.84. The number of anilines is 2. The van der Waals surface area contributed by atoms with Crippen molar-refractivity contribution in [3.8, 4) is 11.1 Å². The Kier molecular flexibility index (Phi) is 7.04. The predicted molar refractivity (Wildman–Crippen MR) is 157 cm³/mol. The fourth-order valence-corrected chi connectivity index (χ4v) is 7.43. The minimum absolute atomic E-state index is 0.109. The lowest BCUT2D eigenvalue weighted by Crippen LogP contribution is -2.51. The molecule has 2 aliphatic heterocycles. The first-order valence-corrected chi connectivity index (χ1v) is 15.2. The lowest BCUT2D eigenvalue weighted by atomic mass is 9.91. The van der Waals surface area contributed by atoms with Crippen molar-refractivity contribution in [2.45, 2.75) is 23.9 Å². The fraction of sp³-hybridized carbons (Fsp3) is 0.250. The highest BCUT2D eigenvalue weighted by atomic mass is 35.5. The zero-order valence-corrected chi connectivity index (χ0v) is 24.9. The van der Waals surface area contributed by atoms with E-state index in [4.69, 9.17) is 23.2 Å². The zero-order valence-electron chi connectivity index (χ0n) is 22.6. The highest BCUT2D eigenvalue weighted by molar-refractivity contribution is 7.89. The maximum atomic E-state index is 14.3. The van der Waals surface area contributed by atoms with Crippen LogP contribution < -0.4 is 4.90 Å². The van der Waals surface area contributed by atoms with E-state index in [2.05, 4.69) is 15.0 Å². The number of carbonyl (C=O) groups is 2. The minimum atomic E-state index is -4.21. The van der Waals surface area contributed by atoms with Gasteiger partial charge in [-0.15, -0.1) is 0 Å². The van der Waals surface area contributed by atoms with Crippen LogP contribution in [0.1, 0.15) is 12.5 Å². The van der Waals surface area contributed by atoms with Gasteiger partial charge in [0.1, 0.15) is 11.9 Å². The van der Waals surface area contributed by atoms with Crippen molar-refractivity contribution in [3.63, 3.8) is 0 Å². The maximum absolute atomic E-state index is 14.3. The topological polar surface area (TPSA) is 122 Å². The molecule has 1 atom stereocenters. The molecule has 42 heavy (non-hydrogen) atoms. The van der Waals surface area contributed by atoms with Crippen LogP contribution in [0, 0.1) is 0 Å². The van der Waals surface area contributed by atoms with Crippen LogP contribution >= 0.6 is 23.2 Å². The molecule has 14 heteroatoms. The van der Waals surface area contributed by atoms with E-state index in [1.54, 1.807) is 44.6 Å². The summed E-state index contributed by atoms with van der Waals surface area (Å²) in [5.41, 5.74) is 1.46. The second-order valence-electron chi connectivity index (χ2n) is 10.4. The summed E-state index contributed by atoms with van der Waals surface area (Å²) < 4.78 is 30.5. The van der Waals surface area contributed by atoms with Crippen molar-refractivity contribution in [3.05, 3.63) is 83.0 Å². The van der Waals surface area contributed by atoms with Crippen molar-refractivity contribution in [2.75, 3.05) is 31.6 Å². The summed E-state index contributed by atoms with van der Waals surface area (Å²) in [6, 6.07) is 12.2. The molecule has 2 aliphatic rings. The molecule has 1 fully saturated rings. The molecule has 2 aromatic carbocycles. The van der Waals surface area contributed by atoms with Crippen LogP contribution in [0.2, 0.25) is 10.0 Å². The fourth-order valence-electron chi connectivity index (χ4n) is 5.35. The molecule has 0 spiro atoms. The van der Waals surface area contributed by atoms with E-state index in [9.17, 15) is 18.0 Å². The van der Waals surface area contributed by atoms with E-state index in [0.717, 1.165) is 21.0 Å². The van der Waals surface area contributed by atoms with Gasteiger partial charge in [-0.2, -0.15) is 4.31 Å². The molecule has 1 unspecified atom stereocenters. The molecule has 0 radical (unpaired) electrons. The summed E-state index contributed by atoms with van der Waals surface area (Å²) in [6.07, 6.45) is 6.24. The van der Waals surface area contributed by atoms with Gasteiger partial charge < -0.3 is 4.90 Å². The Hall–Kier alpha value is -3.84. The van der Waals surface area contributed by atoms with Crippen LogP contribution in [0.25, 0.3) is 11.1 Å². The van der Waals surface area contributed by atoms with E-state index in [-0.39, 0.29) is 42.9 Å². The standard InChI is InChI=1S/C28H25Cl2N7O4S/c1-28(12-18-3-5-19(6-4-18)20-13-31-17-32-14-20)26(39)36(23-10-21(29)9-22(30)11-23)27-33-15-25(37(27)28)42(40,41)35-8-7-34(2)24(38)16-35/h3-6,9-11,13-15,17H,7-8,12,16H2,1-2H3. The molecule has 216 valence electrons. The van der Waals surface area contributed by atoms with Crippen molar-refractivity contribution in [2.24, 2.45) is 0 Å². The number of hydrogen-bond donors (Lipinski definition) is 0. The van der Waals surface area contributed by atoms with Gasteiger partial charge in [0.05, 0.1) is 18.4 Å². The van der Waals surface area contributed by atoms with Gasteiger partial charge in [-0.25, -0.2) is 28.3 Å². The number of piperazine rings is 1. The van der Waals surface area contributed by atoms with Gasteiger partial charge in [0, 0.05) is 54.6 Å². The number of imidazole rings is 1. The lowest BCUT2D eigenvalue weighted by Gasteiger charge is -2.32. The molecule has 6 rings (SSSR count). The Balaban J connectivity index is 1.45. The Bertz CT molecular complexity index is 1800. The third-order valence-electron chi connectivity index (χ3n) is 7.60. The molecule has 4 aromatic rings. The quantitative estimate of drug-likeness (QED) is 0.320. The number of fused-ring (bicyclic) bond motifs is 1. The van der Waals surface area contributed by atoms with Gasteiger partial charge in [0.15, 0.2) is 5.03 Å². The van der Waals surface area contributed by atoms with Gasteiger partial charge >= 0.3 is 0 Å². The summed E-state index contributed by atoms with van der Waals surface area (Å²) in [7, 11) is -2.58. The zero-order chi connectivity index (χ0) is 29.8. The number of amides is 2. The molecular formula is C28H25Cl2N7O4S. The molecule has 11 nitrogen and oxygen atoms in total. The van der Waals surface area contributed by atoms with Gasteiger partial charge in [0.2, 0.25) is 11.9 Å². The van der Waals surface area contributed by atoms with Crippen LogP contribution in [0.3, 0.4) is 0 Å². The van der Waals surface area contributed by atoms with Crippen LogP contribution in [-0.4, -0.2) is 75.6 Å². The SMILES string of the molecule is CN1CCN(S(=O)(=O)c2cnc3n2C(C)(Cc2ccc(-c4cncnc4)cc2)C(=O)N3c2cc(Cl)cc(Cl)c2)CC1=O. The average molecular weight is 627 g/mol. The van der Waals surface area contributed by atoms with Gasteiger partial charge in [0.25, 0.3) is 15.9 Å². The van der Waals surface area contributed by atoms with E-state index in [1.165, 1.54) is 26.9 Å². The Morgan fingerprint density at radius 1 is 0.929 bits per heavy atom. The summed E-state index contributed by atoms with van der Waals surface area (Å²) in [5, 5.41) is 0.432. The number of hydrogen-bond acceptors (Lipinski definition) is 7. The van der Waals surface area contributed by atoms with Gasteiger partial charge in [-0.3, -0.25) is 14.2 Å². The normalized spacial score (nSPS) is 19.4. The predicted octanol–water partition coefficient (Wildman–Crippen LogP) is 3.75. The molecule has 1 saturated heterocycles. The van der Waals surface area contributed by atoms with Crippen molar-refractivity contribution < 1.29 is 18.0 Å². The molecule has 0 aliphatic carbocycles. The van der Waals surface area contributed by atoms with Crippen molar-refractivity contribution in [1.29, 1.82) is 0 Å². The van der Waals surface area contributed by atoms with Crippen LogP contribution in [0.15, 0.2) is 72.4 Å². The van der Waals surface area contributed by atoms with Crippen LogP contribution in [0.5, 0.6) is 0 Å². The Morgan fingerprint density at radius 3 is 2.24 bits per heavy atom. The molecule has 2 aromatic heterocycles. The Morgan fingerprint density at radius 2 is 1.60 bits per heavy atom. The first-order valence-electron chi connectivity index (χ1n) is 13.0. The van der Waals surface area contributed by atoms with Gasteiger partial charge in [-0.05, 0) is 36.2 Å². The molecule has 0 saturated carbocycles. The van der Waals surface area contributed by atoms with E-state index >= 15 is 0 Å². The van der Waals surface area contributed by atoms with E-state index < -0.39 is 21.5 Å². The van der Waals surface area contributed by atoms with E-state index in [0.29, 0.717) is 15.7 Å². The second-order valence-corrected chi connectivity index (χ2v) is 13.2. The Labute approximate surface area is 252 Å². The number of sulfonamides is 1. The first kappa shape index (κ1) is 28.3. The van der Waals surface area contributed by atoms with Crippen LogP contribution in [-0.2, 0) is 31.6 Å². The third kappa shape index (κ3) is 4.74. The number of nitrogens with zero attached hydrogens (tertiary/aromatic N) is 7. The van der Waals surface area contributed by atoms with E-state index in [1.807, 2.05) is 24.3 Å². The highest BCUT2D eigenvalue weighted by Crippen LogP contribution is 2.45. The number of halogens is 2. The molecule has 0 bridgehead atoms. The van der Waals surface area contributed by atoms with Crippen molar-refractivity contribution >= 4 is 56.7 Å². The summed E-state index contributed by atoms with van der Waals surface area (Å²) in [5.74, 6) is -0.614. The molecular weight excluding hydrogens is 601 g/mol. The number of likely N-dealkylation sites (N-methyl/N-ethyl adjacent to an activating group) is 1. The number of aromatic nitrogens is 4. The summed E-state index contributed by atoms with van der Waals surface area (Å²) >= 11 is 12.6. The summed E-state index contributed by atoms with van der Waals surface area (Å²) in [6.45, 7) is 1.75. The average Bonchev–Trinajstić information content (AvgIpc) is 3.49. The molecule has 4 heterocycles. The minimum Gasteiger partial charge on any atom is -0.343 e. The largest absolute Gasteiger partial charge is 0.343 e. The summed E-state index contributed by atoms with van der Waals surface area (Å²) in [4.78, 5) is 42.1. The van der Waals surface area contributed by atoms with Crippen LogP contribution in [0.4, 0.5) is 11.6 Å². The smallest absolute Gasteiger partial charge is 0.260 e. The monoisotopic (exact) mass is 625 g/mol. The molecule has 0 N–H and O–H groups in total. The van der Waals surface area contributed by atoms with Crippen molar-refractivity contribution in [1.82, 2.24) is 28.7 Å². The number of benzene rings is 2. The second kappa shape index (κ2) is 10.5. The molecule has 2 amide bonds. The maximum Gasteiger partial charge on any atom is 0.260 e. The number of rotatable bonds is 6. The van der Waals surface area contributed by atoms with Gasteiger partial charge in [-0.1, -0.05) is 47.5 Å². The lowest BCUT2D eigenvalue weighted by molar-refractivity contribution is -0.132. The number of carbonyl (C=O) groups excluding carboxylic acids is 2. The first-order chi connectivity index (χ1) is 20.0. The highest BCUT2D eigenvalue weighted by Gasteiger charge is 2.52.